The van der Waals surface area contributed by atoms with E-state index >= 15 is 0 Å². The molecule has 0 spiro atoms. The molecule has 0 saturated carbocycles. The zero-order chi connectivity index (χ0) is 14.1. The molecule has 0 aliphatic carbocycles. The number of pyridine rings is 1. The van der Waals surface area contributed by atoms with Crippen LogP contribution in [0.3, 0.4) is 0 Å². The molecule has 1 fully saturated rings. The number of fused-ring (bicyclic) bond motifs is 1. The maximum Gasteiger partial charge on any atom is 0.270 e. The molecule has 0 bridgehead atoms. The number of nitrogens with one attached hydrogen (secondary N) is 1. The van der Waals surface area contributed by atoms with Gasteiger partial charge in [0.05, 0.1) is 5.52 Å². The normalized spacial score (nSPS) is 16.8. The molecule has 1 aliphatic heterocycles. The van der Waals surface area contributed by atoms with Crippen molar-refractivity contribution in [2.24, 2.45) is 0 Å². The third-order valence-electron chi connectivity index (χ3n) is 4.08. The lowest BCUT2D eigenvalue weighted by molar-refractivity contribution is 0.698. The molecule has 1 N–H and O–H groups in total. The Morgan fingerprint density at radius 3 is 2.75 bits per heavy atom. The van der Waals surface area contributed by atoms with Crippen molar-refractivity contribution in [2.45, 2.75) is 39.0 Å². The molecule has 3 heterocycles. The van der Waals surface area contributed by atoms with Gasteiger partial charge in [0.1, 0.15) is 11.5 Å². The van der Waals surface area contributed by atoms with Crippen LogP contribution in [0.15, 0.2) is 16.9 Å². The van der Waals surface area contributed by atoms with Crippen molar-refractivity contribution >= 4 is 17.0 Å². The molecular weight excluding hydrogens is 252 g/mol. The van der Waals surface area contributed by atoms with Crippen molar-refractivity contribution in [3.05, 3.63) is 28.2 Å². The number of aromatic nitrogens is 3. The van der Waals surface area contributed by atoms with Crippen LogP contribution in [-0.2, 0) is 0 Å². The number of H-pyrrole nitrogens is 1. The molecule has 1 atom stereocenters. The highest BCUT2D eigenvalue weighted by Gasteiger charge is 2.16. The number of hydrogen-bond donors (Lipinski definition) is 1. The fourth-order valence-electron chi connectivity index (χ4n) is 2.62. The van der Waals surface area contributed by atoms with Crippen LogP contribution in [0.25, 0.3) is 11.2 Å². The highest BCUT2D eigenvalue weighted by atomic mass is 16.1. The van der Waals surface area contributed by atoms with E-state index in [2.05, 4.69) is 26.8 Å². The lowest BCUT2D eigenvalue weighted by Crippen LogP contribution is -2.21. The Morgan fingerprint density at radius 1 is 1.30 bits per heavy atom. The second-order valence-corrected chi connectivity index (χ2v) is 5.50. The first kappa shape index (κ1) is 13.1. The Hall–Kier alpha value is -1.91. The molecule has 1 unspecified atom stereocenters. The molecule has 5 heteroatoms. The van der Waals surface area contributed by atoms with Crippen LogP contribution in [0.1, 0.15) is 44.7 Å². The van der Waals surface area contributed by atoms with Gasteiger partial charge >= 0.3 is 0 Å². The minimum Gasteiger partial charge on any atom is -0.357 e. The Kier molecular flexibility index (Phi) is 3.42. The fourth-order valence-corrected chi connectivity index (χ4v) is 2.62. The first-order valence-electron chi connectivity index (χ1n) is 7.35. The number of nitrogens with zero attached hydrogens (tertiary/aromatic N) is 3. The smallest absolute Gasteiger partial charge is 0.270 e. The van der Waals surface area contributed by atoms with Crippen LogP contribution in [0.5, 0.6) is 0 Å². The molecule has 0 amide bonds. The lowest BCUT2D eigenvalue weighted by Gasteiger charge is -2.16. The zero-order valence-corrected chi connectivity index (χ0v) is 12.0. The summed E-state index contributed by atoms with van der Waals surface area (Å²) >= 11 is 0. The van der Waals surface area contributed by atoms with E-state index < -0.39 is 0 Å². The zero-order valence-electron chi connectivity index (χ0n) is 12.0. The number of hydrogen-bond acceptors (Lipinski definition) is 4. The summed E-state index contributed by atoms with van der Waals surface area (Å²) < 4.78 is 0. The molecule has 106 valence electrons. The van der Waals surface area contributed by atoms with Gasteiger partial charge in [0.25, 0.3) is 5.56 Å². The predicted octanol–water partition coefficient (Wildman–Crippen LogP) is 2.43. The van der Waals surface area contributed by atoms with Crippen LogP contribution < -0.4 is 10.5 Å². The van der Waals surface area contributed by atoms with Crippen LogP contribution >= 0.6 is 0 Å². The largest absolute Gasteiger partial charge is 0.357 e. The molecule has 0 radical (unpaired) electrons. The number of rotatable bonds is 3. The van der Waals surface area contributed by atoms with E-state index in [9.17, 15) is 4.79 Å². The van der Waals surface area contributed by atoms with Gasteiger partial charge in [-0.15, -0.1) is 0 Å². The van der Waals surface area contributed by atoms with E-state index in [0.29, 0.717) is 16.9 Å². The summed E-state index contributed by atoms with van der Waals surface area (Å²) in [7, 11) is 0. The van der Waals surface area contributed by atoms with Crippen molar-refractivity contribution in [3.8, 4) is 0 Å². The Labute approximate surface area is 118 Å². The lowest BCUT2D eigenvalue weighted by atomic mass is 10.1. The van der Waals surface area contributed by atoms with Crippen molar-refractivity contribution < 1.29 is 0 Å². The molecule has 20 heavy (non-hydrogen) atoms. The molecular formula is C15H20N4O. The summed E-state index contributed by atoms with van der Waals surface area (Å²) in [6.45, 7) is 6.19. The third-order valence-corrected chi connectivity index (χ3v) is 4.08. The van der Waals surface area contributed by atoms with E-state index in [1.807, 2.05) is 19.1 Å². The summed E-state index contributed by atoms with van der Waals surface area (Å²) in [5, 5.41) is 0. The third kappa shape index (κ3) is 2.28. The van der Waals surface area contributed by atoms with Crippen LogP contribution in [-0.4, -0.2) is 28.0 Å². The van der Waals surface area contributed by atoms with Gasteiger partial charge < -0.3 is 9.88 Å². The van der Waals surface area contributed by atoms with Gasteiger partial charge in [-0.25, -0.2) is 9.97 Å². The van der Waals surface area contributed by atoms with Crippen molar-refractivity contribution in [1.82, 2.24) is 15.0 Å². The summed E-state index contributed by atoms with van der Waals surface area (Å²) in [5.74, 6) is 1.12. The minimum absolute atomic E-state index is 0.0948. The van der Waals surface area contributed by atoms with E-state index in [1.54, 1.807) is 0 Å². The van der Waals surface area contributed by atoms with E-state index in [0.717, 1.165) is 25.3 Å². The van der Waals surface area contributed by atoms with Gasteiger partial charge in [-0.2, -0.15) is 0 Å². The summed E-state index contributed by atoms with van der Waals surface area (Å²) in [4.78, 5) is 26.3. The maximum atomic E-state index is 12.0. The fraction of sp³-hybridized carbons (Fsp3) is 0.533. The second-order valence-electron chi connectivity index (χ2n) is 5.50. The van der Waals surface area contributed by atoms with Crippen LogP contribution in [0, 0.1) is 0 Å². The Balaban J connectivity index is 2.07. The van der Waals surface area contributed by atoms with Gasteiger partial charge in [0, 0.05) is 19.0 Å². The molecule has 3 rings (SSSR count). The van der Waals surface area contributed by atoms with Gasteiger partial charge in [-0.1, -0.05) is 13.8 Å². The molecule has 0 aromatic carbocycles. The van der Waals surface area contributed by atoms with Gasteiger partial charge in [-0.05, 0) is 31.4 Å². The molecule has 2 aromatic heterocycles. The monoisotopic (exact) mass is 272 g/mol. The number of anilines is 1. The topological polar surface area (TPSA) is 61.9 Å². The van der Waals surface area contributed by atoms with Crippen molar-refractivity contribution in [1.29, 1.82) is 0 Å². The maximum absolute atomic E-state index is 12.0. The van der Waals surface area contributed by atoms with Gasteiger partial charge in [-0.3, -0.25) is 4.79 Å². The standard InChI is InChI=1S/C15H20N4O/c1-3-10(2)13-15(20)16-11-6-7-12(17-14(11)18-13)19-8-4-5-9-19/h6-7,10H,3-5,8-9H2,1-2H3,(H,16,20). The predicted molar refractivity (Wildman–Crippen MR) is 80.3 cm³/mol. The van der Waals surface area contributed by atoms with E-state index in [1.165, 1.54) is 12.8 Å². The molecule has 2 aromatic rings. The first-order valence-corrected chi connectivity index (χ1v) is 7.35. The van der Waals surface area contributed by atoms with E-state index in [4.69, 9.17) is 0 Å². The summed E-state index contributed by atoms with van der Waals surface area (Å²) in [5.41, 5.74) is 1.85. The Morgan fingerprint density at radius 2 is 2.05 bits per heavy atom. The highest BCUT2D eigenvalue weighted by Crippen LogP contribution is 2.20. The first-order chi connectivity index (χ1) is 9.69. The highest BCUT2D eigenvalue weighted by molar-refractivity contribution is 5.72. The SMILES string of the molecule is CCC(C)c1nc2nc(N3CCCC3)ccc2[nH]c1=O. The summed E-state index contributed by atoms with van der Waals surface area (Å²) in [6.07, 6.45) is 3.33. The second kappa shape index (κ2) is 5.23. The molecule has 1 saturated heterocycles. The van der Waals surface area contributed by atoms with Crippen LogP contribution in [0.4, 0.5) is 5.82 Å². The summed E-state index contributed by atoms with van der Waals surface area (Å²) in [6, 6.07) is 3.87. The average Bonchev–Trinajstić information content (AvgIpc) is 2.99. The van der Waals surface area contributed by atoms with Gasteiger partial charge in [0.2, 0.25) is 0 Å². The Bertz CT molecular complexity index is 673. The molecule has 5 nitrogen and oxygen atoms in total. The van der Waals surface area contributed by atoms with Crippen LogP contribution in [0.2, 0.25) is 0 Å². The minimum atomic E-state index is -0.0948. The number of aromatic amines is 1. The quantitative estimate of drug-likeness (QED) is 0.932. The average molecular weight is 272 g/mol. The van der Waals surface area contributed by atoms with E-state index in [-0.39, 0.29) is 11.5 Å². The van der Waals surface area contributed by atoms with Gasteiger partial charge in [0.15, 0.2) is 5.65 Å². The molecule has 1 aliphatic rings. The van der Waals surface area contributed by atoms with Crippen molar-refractivity contribution in [2.75, 3.05) is 18.0 Å². The van der Waals surface area contributed by atoms with Crippen molar-refractivity contribution in [3.63, 3.8) is 0 Å².